The third-order valence-corrected chi connectivity index (χ3v) is 3.59. The van der Waals surface area contributed by atoms with Crippen LogP contribution in [-0.2, 0) is 4.79 Å². The Bertz CT molecular complexity index is 623. The Hall–Kier alpha value is -1.71. The Balaban J connectivity index is 2.42. The number of hydrogen-bond donors (Lipinski definition) is 1. The number of para-hydroxylation sites is 3. The lowest BCUT2D eigenvalue weighted by Gasteiger charge is -2.20. The summed E-state index contributed by atoms with van der Waals surface area (Å²) in [6, 6.07) is 12.8. The molecule has 0 aliphatic rings. The van der Waals surface area contributed by atoms with Gasteiger partial charge in [-0.05, 0) is 24.3 Å². The van der Waals surface area contributed by atoms with Gasteiger partial charge in [-0.3, -0.25) is 4.79 Å². The first-order valence-electron chi connectivity index (χ1n) is 6.05. The van der Waals surface area contributed by atoms with Crippen LogP contribution >= 0.6 is 23.2 Å². The number of amides is 1. The van der Waals surface area contributed by atoms with E-state index in [9.17, 15) is 4.79 Å². The van der Waals surface area contributed by atoms with Crippen LogP contribution in [0.1, 0.15) is 6.92 Å². The number of benzene rings is 2. The summed E-state index contributed by atoms with van der Waals surface area (Å²) in [6.45, 7) is 1.51. The summed E-state index contributed by atoms with van der Waals surface area (Å²) in [5.41, 5.74) is 2.15. The van der Waals surface area contributed by atoms with Crippen molar-refractivity contribution in [2.45, 2.75) is 6.92 Å². The lowest BCUT2D eigenvalue weighted by Crippen LogP contribution is -2.23. The molecular weight excluding hydrogens is 295 g/mol. The number of nitrogens with one attached hydrogen (secondary N) is 1. The van der Waals surface area contributed by atoms with Crippen LogP contribution < -0.4 is 10.2 Å². The van der Waals surface area contributed by atoms with Crippen molar-refractivity contribution in [2.24, 2.45) is 0 Å². The molecular formula is C15H14Cl2N2O. The van der Waals surface area contributed by atoms with Crippen LogP contribution in [0.3, 0.4) is 0 Å². The lowest BCUT2D eigenvalue weighted by atomic mass is 10.2. The van der Waals surface area contributed by atoms with Crippen molar-refractivity contribution in [3.63, 3.8) is 0 Å². The summed E-state index contributed by atoms with van der Waals surface area (Å²) in [7, 11) is 1.72. The van der Waals surface area contributed by atoms with Gasteiger partial charge in [-0.1, -0.05) is 41.4 Å². The maximum absolute atomic E-state index is 11.5. The van der Waals surface area contributed by atoms with Crippen LogP contribution in [0.4, 0.5) is 17.1 Å². The quantitative estimate of drug-likeness (QED) is 0.889. The zero-order chi connectivity index (χ0) is 14.7. The highest BCUT2D eigenvalue weighted by atomic mass is 35.5. The Kier molecular flexibility index (Phi) is 4.53. The van der Waals surface area contributed by atoms with Gasteiger partial charge < -0.3 is 10.2 Å². The van der Waals surface area contributed by atoms with Crippen LogP contribution in [0.25, 0.3) is 0 Å². The van der Waals surface area contributed by atoms with Crippen LogP contribution in [-0.4, -0.2) is 13.0 Å². The molecule has 2 aromatic rings. The highest BCUT2D eigenvalue weighted by Crippen LogP contribution is 2.35. The first kappa shape index (κ1) is 14.7. The Morgan fingerprint density at radius 3 is 2.25 bits per heavy atom. The summed E-state index contributed by atoms with van der Waals surface area (Å²) in [4.78, 5) is 13.1. The van der Waals surface area contributed by atoms with Gasteiger partial charge in [-0.2, -0.15) is 0 Å². The van der Waals surface area contributed by atoms with E-state index < -0.39 is 0 Å². The molecule has 0 aliphatic carbocycles. The van der Waals surface area contributed by atoms with Crippen LogP contribution in [0, 0.1) is 0 Å². The normalized spacial score (nSPS) is 10.2. The predicted molar refractivity (Wildman–Crippen MR) is 85.3 cm³/mol. The first-order chi connectivity index (χ1) is 9.50. The number of rotatable bonds is 3. The van der Waals surface area contributed by atoms with Crippen molar-refractivity contribution >= 4 is 46.2 Å². The summed E-state index contributed by atoms with van der Waals surface area (Å²) in [5.74, 6) is -0.0514. The number of halogens is 2. The fraction of sp³-hybridized carbons (Fsp3) is 0.133. The molecule has 20 heavy (non-hydrogen) atoms. The van der Waals surface area contributed by atoms with Gasteiger partial charge in [0, 0.05) is 14.0 Å². The van der Waals surface area contributed by atoms with E-state index in [1.807, 2.05) is 24.3 Å². The molecule has 0 aromatic heterocycles. The molecule has 0 aliphatic heterocycles. The lowest BCUT2D eigenvalue weighted by molar-refractivity contribution is -0.116. The Morgan fingerprint density at radius 1 is 1.05 bits per heavy atom. The Morgan fingerprint density at radius 2 is 1.65 bits per heavy atom. The summed E-state index contributed by atoms with van der Waals surface area (Å²) < 4.78 is 0. The van der Waals surface area contributed by atoms with Gasteiger partial charge in [0.15, 0.2) is 0 Å². The molecule has 0 bridgehead atoms. The maximum Gasteiger partial charge on any atom is 0.223 e. The number of carbonyl (C=O) groups is 1. The third-order valence-electron chi connectivity index (χ3n) is 2.96. The first-order valence-corrected chi connectivity index (χ1v) is 6.80. The van der Waals surface area contributed by atoms with Gasteiger partial charge in [0.25, 0.3) is 0 Å². The molecule has 0 atom stereocenters. The zero-order valence-electron chi connectivity index (χ0n) is 11.2. The molecule has 3 nitrogen and oxygen atoms in total. The zero-order valence-corrected chi connectivity index (χ0v) is 12.7. The second kappa shape index (κ2) is 6.16. The topological polar surface area (TPSA) is 32.3 Å². The average molecular weight is 309 g/mol. The van der Waals surface area contributed by atoms with E-state index in [2.05, 4.69) is 5.32 Å². The standard InChI is InChI=1S/C15H14Cl2N2O/c1-10(20)19(2)14-9-4-3-8-13(14)18-15-11(16)6-5-7-12(15)17/h3-9,18H,1-2H3. The monoisotopic (exact) mass is 308 g/mol. The molecule has 0 heterocycles. The van der Waals surface area contributed by atoms with Crippen molar-refractivity contribution in [3.8, 4) is 0 Å². The average Bonchev–Trinajstić information content (AvgIpc) is 2.42. The van der Waals surface area contributed by atoms with Gasteiger partial charge >= 0.3 is 0 Å². The summed E-state index contributed by atoms with van der Waals surface area (Å²) in [6.07, 6.45) is 0. The smallest absolute Gasteiger partial charge is 0.223 e. The number of nitrogens with zero attached hydrogens (tertiary/aromatic N) is 1. The molecule has 5 heteroatoms. The minimum atomic E-state index is -0.0514. The van der Waals surface area contributed by atoms with Crippen molar-refractivity contribution in [2.75, 3.05) is 17.3 Å². The predicted octanol–water partition coefficient (Wildman–Crippen LogP) is 4.72. The minimum absolute atomic E-state index is 0.0514. The largest absolute Gasteiger partial charge is 0.351 e. The molecule has 1 amide bonds. The fourth-order valence-corrected chi connectivity index (χ4v) is 2.29. The molecule has 2 aromatic carbocycles. The molecule has 0 saturated carbocycles. The number of anilines is 3. The number of hydrogen-bond acceptors (Lipinski definition) is 2. The van der Waals surface area contributed by atoms with Gasteiger partial charge in [-0.15, -0.1) is 0 Å². The van der Waals surface area contributed by atoms with Gasteiger partial charge in [0.2, 0.25) is 5.91 Å². The van der Waals surface area contributed by atoms with E-state index >= 15 is 0 Å². The second-order valence-electron chi connectivity index (χ2n) is 4.32. The SMILES string of the molecule is CC(=O)N(C)c1ccccc1Nc1c(Cl)cccc1Cl. The van der Waals surface area contributed by atoms with E-state index in [1.54, 1.807) is 30.1 Å². The van der Waals surface area contributed by atoms with Crippen molar-refractivity contribution in [1.82, 2.24) is 0 Å². The van der Waals surface area contributed by atoms with Crippen molar-refractivity contribution in [3.05, 3.63) is 52.5 Å². The van der Waals surface area contributed by atoms with E-state index in [0.29, 0.717) is 15.7 Å². The van der Waals surface area contributed by atoms with E-state index in [4.69, 9.17) is 23.2 Å². The molecule has 0 fully saturated rings. The van der Waals surface area contributed by atoms with Crippen LogP contribution in [0.2, 0.25) is 10.0 Å². The van der Waals surface area contributed by atoms with Crippen LogP contribution in [0.5, 0.6) is 0 Å². The highest BCUT2D eigenvalue weighted by molar-refractivity contribution is 6.39. The van der Waals surface area contributed by atoms with E-state index in [-0.39, 0.29) is 5.91 Å². The second-order valence-corrected chi connectivity index (χ2v) is 5.13. The Labute approximate surface area is 128 Å². The minimum Gasteiger partial charge on any atom is -0.351 e. The summed E-state index contributed by atoms with van der Waals surface area (Å²) in [5, 5.41) is 4.24. The van der Waals surface area contributed by atoms with Gasteiger partial charge in [0.05, 0.1) is 27.1 Å². The summed E-state index contributed by atoms with van der Waals surface area (Å²) >= 11 is 12.3. The van der Waals surface area contributed by atoms with Crippen LogP contribution in [0.15, 0.2) is 42.5 Å². The molecule has 0 saturated heterocycles. The molecule has 104 valence electrons. The fourth-order valence-electron chi connectivity index (χ4n) is 1.79. The molecule has 2 rings (SSSR count). The molecule has 0 unspecified atom stereocenters. The molecule has 0 spiro atoms. The third kappa shape index (κ3) is 3.06. The van der Waals surface area contributed by atoms with Gasteiger partial charge in [-0.25, -0.2) is 0 Å². The highest BCUT2D eigenvalue weighted by Gasteiger charge is 2.12. The van der Waals surface area contributed by atoms with E-state index in [1.165, 1.54) is 6.92 Å². The molecule has 1 N–H and O–H groups in total. The van der Waals surface area contributed by atoms with Crippen molar-refractivity contribution < 1.29 is 4.79 Å². The number of carbonyl (C=O) groups excluding carboxylic acids is 1. The van der Waals surface area contributed by atoms with Gasteiger partial charge in [0.1, 0.15) is 0 Å². The molecule has 0 radical (unpaired) electrons. The maximum atomic E-state index is 11.5. The van der Waals surface area contributed by atoms with E-state index in [0.717, 1.165) is 11.4 Å². The van der Waals surface area contributed by atoms with Crippen molar-refractivity contribution in [1.29, 1.82) is 0 Å².